The fourth-order valence-electron chi connectivity index (χ4n) is 4.29. The first-order valence-electron chi connectivity index (χ1n) is 10.7. The van der Waals surface area contributed by atoms with Crippen molar-refractivity contribution in [2.75, 3.05) is 18.0 Å². The number of aromatic nitrogens is 2. The lowest BCUT2D eigenvalue weighted by Gasteiger charge is -2.39. The van der Waals surface area contributed by atoms with Crippen LogP contribution in [0.25, 0.3) is 11.0 Å². The SMILES string of the molecule is CC[C@H]1CN(c2cc(=O)n(C)c3ccc(C#N)nc23)CC[C@@H]1Oc1ccc(C(F)(F)F)cc1. The fourth-order valence-corrected chi connectivity index (χ4v) is 4.29. The highest BCUT2D eigenvalue weighted by Gasteiger charge is 2.32. The van der Waals surface area contributed by atoms with Gasteiger partial charge in [-0.25, -0.2) is 4.98 Å². The molecule has 1 fully saturated rings. The highest BCUT2D eigenvalue weighted by molar-refractivity contribution is 5.88. The molecular formula is C24H23F3N4O2. The third-order valence-electron chi connectivity index (χ3n) is 6.18. The van der Waals surface area contributed by atoms with Gasteiger partial charge < -0.3 is 14.2 Å². The average Bonchev–Trinajstić information content (AvgIpc) is 2.81. The van der Waals surface area contributed by atoms with Gasteiger partial charge in [0.25, 0.3) is 5.56 Å². The van der Waals surface area contributed by atoms with Gasteiger partial charge >= 0.3 is 6.18 Å². The Balaban J connectivity index is 1.58. The largest absolute Gasteiger partial charge is 0.490 e. The van der Waals surface area contributed by atoms with Gasteiger partial charge in [-0.3, -0.25) is 4.79 Å². The number of halogens is 3. The molecule has 0 spiro atoms. The highest BCUT2D eigenvalue weighted by Crippen LogP contribution is 2.33. The first-order chi connectivity index (χ1) is 15.7. The van der Waals surface area contributed by atoms with E-state index in [1.54, 1.807) is 25.2 Å². The lowest BCUT2D eigenvalue weighted by atomic mass is 9.91. The van der Waals surface area contributed by atoms with Gasteiger partial charge in [-0.05, 0) is 42.8 Å². The summed E-state index contributed by atoms with van der Waals surface area (Å²) in [6.07, 6.45) is -3.12. The number of hydrogen-bond donors (Lipinski definition) is 0. The Morgan fingerprint density at radius 1 is 1.21 bits per heavy atom. The Labute approximate surface area is 188 Å². The molecule has 3 heterocycles. The first-order valence-corrected chi connectivity index (χ1v) is 10.7. The Kier molecular flexibility index (Phi) is 6.02. The van der Waals surface area contributed by atoms with Gasteiger partial charge in [0.1, 0.15) is 29.1 Å². The number of nitriles is 1. The zero-order valence-corrected chi connectivity index (χ0v) is 18.3. The lowest BCUT2D eigenvalue weighted by molar-refractivity contribution is -0.137. The van der Waals surface area contributed by atoms with Crippen molar-refractivity contribution in [1.82, 2.24) is 9.55 Å². The number of hydrogen-bond acceptors (Lipinski definition) is 5. The number of anilines is 1. The van der Waals surface area contributed by atoms with Crippen molar-refractivity contribution in [2.24, 2.45) is 13.0 Å². The van der Waals surface area contributed by atoms with Crippen LogP contribution in [-0.4, -0.2) is 28.7 Å². The van der Waals surface area contributed by atoms with Crippen LogP contribution >= 0.6 is 0 Å². The van der Waals surface area contributed by atoms with E-state index in [1.807, 2.05) is 13.0 Å². The summed E-state index contributed by atoms with van der Waals surface area (Å²) in [5.41, 5.74) is 1.31. The van der Waals surface area contributed by atoms with Crippen molar-refractivity contribution in [2.45, 2.75) is 32.0 Å². The van der Waals surface area contributed by atoms with E-state index in [2.05, 4.69) is 9.88 Å². The van der Waals surface area contributed by atoms with E-state index < -0.39 is 11.7 Å². The molecule has 1 aromatic carbocycles. The molecule has 0 N–H and O–H groups in total. The molecule has 9 heteroatoms. The van der Waals surface area contributed by atoms with Crippen LogP contribution < -0.4 is 15.2 Å². The van der Waals surface area contributed by atoms with Crippen LogP contribution in [0.15, 0.2) is 47.3 Å². The molecule has 2 aromatic heterocycles. The predicted octanol–water partition coefficient (Wildman–Crippen LogP) is 4.51. The molecule has 0 unspecified atom stereocenters. The number of piperidine rings is 1. The minimum atomic E-state index is -4.38. The zero-order valence-electron chi connectivity index (χ0n) is 18.3. The maximum absolute atomic E-state index is 12.8. The second-order valence-electron chi connectivity index (χ2n) is 8.18. The standard InChI is InChI=1S/C24H23F3N4O2/c1-3-15-14-31(11-10-21(15)33-18-7-4-16(5-8-18)24(25,26)27)20-12-22(32)30(2)19-9-6-17(13-28)29-23(19)20/h4-9,12,15,21H,3,10-11,14H2,1-2H3/t15-,21-/m0/s1. The summed E-state index contributed by atoms with van der Waals surface area (Å²) in [5, 5.41) is 9.27. The Morgan fingerprint density at radius 2 is 1.94 bits per heavy atom. The summed E-state index contributed by atoms with van der Waals surface area (Å²) in [4.78, 5) is 19.1. The summed E-state index contributed by atoms with van der Waals surface area (Å²) in [6.45, 7) is 3.22. The normalized spacial score (nSPS) is 18.8. The summed E-state index contributed by atoms with van der Waals surface area (Å²) < 4.78 is 46.0. The Morgan fingerprint density at radius 3 is 2.58 bits per heavy atom. The van der Waals surface area contributed by atoms with Gasteiger partial charge in [0.05, 0.1) is 16.8 Å². The van der Waals surface area contributed by atoms with Crippen LogP contribution in [0.1, 0.15) is 31.0 Å². The van der Waals surface area contributed by atoms with Crippen molar-refractivity contribution >= 4 is 16.7 Å². The monoisotopic (exact) mass is 456 g/mol. The van der Waals surface area contributed by atoms with Crippen LogP contribution in [0, 0.1) is 17.2 Å². The highest BCUT2D eigenvalue weighted by atomic mass is 19.4. The smallest absolute Gasteiger partial charge is 0.416 e. The Bertz CT molecular complexity index is 1260. The number of rotatable bonds is 4. The second-order valence-corrected chi connectivity index (χ2v) is 8.18. The topological polar surface area (TPSA) is 71.2 Å². The predicted molar refractivity (Wildman–Crippen MR) is 118 cm³/mol. The third-order valence-corrected chi connectivity index (χ3v) is 6.18. The van der Waals surface area contributed by atoms with E-state index >= 15 is 0 Å². The number of aryl methyl sites for hydroxylation is 1. The molecule has 2 atom stereocenters. The minimum Gasteiger partial charge on any atom is -0.490 e. The number of nitrogens with zero attached hydrogens (tertiary/aromatic N) is 4. The average molecular weight is 456 g/mol. The van der Waals surface area contributed by atoms with E-state index in [1.165, 1.54) is 16.7 Å². The number of pyridine rings is 2. The van der Waals surface area contributed by atoms with Gasteiger partial charge in [0.15, 0.2) is 0 Å². The van der Waals surface area contributed by atoms with Gasteiger partial charge in [0, 0.05) is 38.5 Å². The molecule has 3 aromatic rings. The van der Waals surface area contributed by atoms with E-state index in [0.717, 1.165) is 18.6 Å². The molecule has 0 radical (unpaired) electrons. The van der Waals surface area contributed by atoms with Crippen molar-refractivity contribution in [3.63, 3.8) is 0 Å². The van der Waals surface area contributed by atoms with Gasteiger partial charge in [-0.15, -0.1) is 0 Å². The van der Waals surface area contributed by atoms with Crippen LogP contribution in [-0.2, 0) is 13.2 Å². The molecule has 172 valence electrons. The second kappa shape index (κ2) is 8.77. The van der Waals surface area contributed by atoms with Gasteiger partial charge in [-0.1, -0.05) is 6.92 Å². The third kappa shape index (κ3) is 4.51. The van der Waals surface area contributed by atoms with Crippen LogP contribution in [0.4, 0.5) is 18.9 Å². The van der Waals surface area contributed by atoms with Crippen LogP contribution in [0.2, 0.25) is 0 Å². The molecule has 0 amide bonds. The molecule has 0 saturated carbocycles. The van der Waals surface area contributed by atoms with E-state index in [0.29, 0.717) is 42.0 Å². The van der Waals surface area contributed by atoms with Crippen molar-refractivity contribution in [1.29, 1.82) is 5.26 Å². The summed E-state index contributed by atoms with van der Waals surface area (Å²) in [7, 11) is 1.67. The van der Waals surface area contributed by atoms with Crippen molar-refractivity contribution in [3.8, 4) is 11.8 Å². The summed E-state index contributed by atoms with van der Waals surface area (Å²) >= 11 is 0. The summed E-state index contributed by atoms with van der Waals surface area (Å²) in [5.74, 6) is 0.499. The number of ether oxygens (including phenoxy) is 1. The minimum absolute atomic E-state index is 0.0966. The fraction of sp³-hybridized carbons (Fsp3) is 0.375. The van der Waals surface area contributed by atoms with Gasteiger partial charge in [-0.2, -0.15) is 18.4 Å². The van der Waals surface area contributed by atoms with Gasteiger partial charge in [0.2, 0.25) is 0 Å². The molecule has 0 bridgehead atoms. The first kappa shape index (κ1) is 22.6. The molecule has 0 aliphatic carbocycles. The molecular weight excluding hydrogens is 433 g/mol. The van der Waals surface area contributed by atoms with Crippen molar-refractivity contribution in [3.05, 3.63) is 64.1 Å². The molecule has 6 nitrogen and oxygen atoms in total. The number of benzene rings is 1. The molecule has 4 rings (SSSR count). The van der Waals surface area contributed by atoms with Crippen LogP contribution in [0.3, 0.4) is 0 Å². The lowest BCUT2D eigenvalue weighted by Crippen LogP contribution is -2.46. The Hall–Kier alpha value is -3.54. The molecule has 1 aliphatic rings. The quantitative estimate of drug-likeness (QED) is 0.578. The van der Waals surface area contributed by atoms with E-state index in [-0.39, 0.29) is 23.3 Å². The molecule has 1 aliphatic heterocycles. The van der Waals surface area contributed by atoms with E-state index in [4.69, 9.17) is 4.74 Å². The van der Waals surface area contributed by atoms with E-state index in [9.17, 15) is 23.2 Å². The molecule has 1 saturated heterocycles. The molecule has 33 heavy (non-hydrogen) atoms. The maximum Gasteiger partial charge on any atom is 0.416 e. The van der Waals surface area contributed by atoms with Crippen LogP contribution in [0.5, 0.6) is 5.75 Å². The maximum atomic E-state index is 12.8. The number of alkyl halides is 3. The van der Waals surface area contributed by atoms with Crippen molar-refractivity contribution < 1.29 is 17.9 Å². The zero-order chi connectivity index (χ0) is 23.8. The summed E-state index contributed by atoms with van der Waals surface area (Å²) in [6, 6.07) is 11.6. The number of fused-ring (bicyclic) bond motifs is 1.